The number of phosphoric acid groups is 1. The molecule has 0 fully saturated rings. The monoisotopic (exact) mass is 898 g/mol. The number of carbonyl (C=O) groups excluding carboxylic acids is 2. The first-order chi connectivity index (χ1) is 30.8. The Kier molecular flexibility index (Phi) is 45.6. The van der Waals surface area contributed by atoms with Gasteiger partial charge in [-0.3, -0.25) is 18.6 Å². The highest BCUT2D eigenvalue weighted by Crippen LogP contribution is 2.43. The lowest BCUT2D eigenvalue weighted by Crippen LogP contribution is -2.29. The summed E-state index contributed by atoms with van der Waals surface area (Å²) in [7, 11) is -4.40. The van der Waals surface area contributed by atoms with Crippen molar-refractivity contribution in [3.8, 4) is 0 Å². The first-order valence-corrected chi connectivity index (χ1v) is 25.9. The quantitative estimate of drug-likeness (QED) is 0.0265. The second-order valence-electron chi connectivity index (χ2n) is 15.6. The molecule has 0 saturated carbocycles. The third-order valence-corrected chi connectivity index (χ3v) is 10.6. The van der Waals surface area contributed by atoms with Crippen molar-refractivity contribution in [2.45, 2.75) is 187 Å². The largest absolute Gasteiger partial charge is 0.472 e. The minimum Gasteiger partial charge on any atom is -0.462 e. The van der Waals surface area contributed by atoms with Crippen LogP contribution in [0.5, 0.6) is 0 Å². The van der Waals surface area contributed by atoms with Gasteiger partial charge in [0.2, 0.25) is 0 Å². The van der Waals surface area contributed by atoms with Gasteiger partial charge < -0.3 is 20.1 Å². The van der Waals surface area contributed by atoms with Crippen molar-refractivity contribution >= 4 is 19.8 Å². The molecule has 10 heteroatoms. The lowest BCUT2D eigenvalue weighted by molar-refractivity contribution is -0.161. The normalized spacial score (nSPS) is 14.2. The maximum Gasteiger partial charge on any atom is 0.472 e. The molecule has 0 aromatic heterocycles. The van der Waals surface area contributed by atoms with E-state index in [1.807, 2.05) is 0 Å². The van der Waals surface area contributed by atoms with Gasteiger partial charge in [-0.05, 0) is 96.3 Å². The Bertz CT molecular complexity index is 1390. The summed E-state index contributed by atoms with van der Waals surface area (Å²) in [6, 6.07) is 0. The van der Waals surface area contributed by atoms with E-state index >= 15 is 0 Å². The van der Waals surface area contributed by atoms with Crippen LogP contribution in [0, 0.1) is 0 Å². The Hall–Kier alpha value is -3.33. The molecule has 63 heavy (non-hydrogen) atoms. The van der Waals surface area contributed by atoms with Gasteiger partial charge in [-0.2, -0.15) is 0 Å². The Balaban J connectivity index is 4.14. The van der Waals surface area contributed by atoms with Crippen molar-refractivity contribution in [3.63, 3.8) is 0 Å². The molecule has 358 valence electrons. The molecule has 0 amide bonds. The molecule has 0 aliphatic heterocycles. The molecular formula is C53H88NO8P. The second-order valence-corrected chi connectivity index (χ2v) is 17.0. The van der Waals surface area contributed by atoms with Crippen LogP contribution in [0.4, 0.5) is 0 Å². The Morgan fingerprint density at radius 3 is 1.22 bits per heavy atom. The molecule has 0 aromatic carbocycles. The summed E-state index contributed by atoms with van der Waals surface area (Å²) in [4.78, 5) is 35.0. The Labute approximate surface area is 384 Å². The first kappa shape index (κ1) is 59.7. The van der Waals surface area contributed by atoms with E-state index in [4.69, 9.17) is 24.3 Å². The molecule has 0 aliphatic carbocycles. The summed E-state index contributed by atoms with van der Waals surface area (Å²) < 4.78 is 32.9. The molecule has 0 bridgehead atoms. The van der Waals surface area contributed by atoms with Gasteiger partial charge in [0, 0.05) is 19.4 Å². The van der Waals surface area contributed by atoms with Crippen molar-refractivity contribution in [3.05, 3.63) is 109 Å². The fourth-order valence-electron chi connectivity index (χ4n) is 6.12. The molecule has 0 aliphatic rings. The lowest BCUT2D eigenvalue weighted by Gasteiger charge is -2.19. The van der Waals surface area contributed by atoms with Crippen molar-refractivity contribution in [2.24, 2.45) is 5.73 Å². The molecule has 0 radical (unpaired) electrons. The lowest BCUT2D eigenvalue weighted by atomic mass is 10.1. The number of esters is 2. The average molecular weight is 898 g/mol. The third-order valence-electron chi connectivity index (χ3n) is 9.65. The number of unbranched alkanes of at least 4 members (excludes halogenated alkanes) is 13. The third kappa shape index (κ3) is 48.0. The van der Waals surface area contributed by atoms with E-state index in [-0.39, 0.29) is 32.6 Å². The molecule has 0 rings (SSSR count). The Morgan fingerprint density at radius 2 is 0.825 bits per heavy atom. The van der Waals surface area contributed by atoms with Gasteiger partial charge in [-0.1, -0.05) is 181 Å². The predicted molar refractivity (Wildman–Crippen MR) is 265 cm³/mol. The van der Waals surface area contributed by atoms with Gasteiger partial charge in [0.05, 0.1) is 13.2 Å². The summed E-state index contributed by atoms with van der Waals surface area (Å²) >= 11 is 0. The van der Waals surface area contributed by atoms with E-state index in [2.05, 4.69) is 123 Å². The van der Waals surface area contributed by atoms with E-state index < -0.39 is 32.5 Å². The summed E-state index contributed by atoms with van der Waals surface area (Å²) in [6.45, 7) is 3.46. The molecule has 2 atom stereocenters. The zero-order valence-corrected chi connectivity index (χ0v) is 40.4. The molecule has 0 spiro atoms. The summed E-state index contributed by atoms with van der Waals surface area (Å²) in [5.41, 5.74) is 5.36. The van der Waals surface area contributed by atoms with E-state index in [1.54, 1.807) is 0 Å². The van der Waals surface area contributed by atoms with Gasteiger partial charge in [0.15, 0.2) is 6.10 Å². The number of allylic oxidation sites excluding steroid dienone is 18. The standard InChI is InChI=1S/C53H88NO8P/c1-3-5-7-9-11-13-15-17-19-21-22-23-24-25-26-27-28-30-32-34-36-38-40-42-44-46-53(56)62-51(50-61-63(57,58)60-48-47-54)49-59-52(55)45-43-41-39-37-35-33-31-29-20-18-16-14-12-10-8-6-4-2/h5-8,11-14,17-20,22-23,25-26,31,33,51H,3-4,9-10,15-16,21,24,27-30,32,34-50,54H2,1-2H3,(H,57,58)/b7-5-,8-6-,13-11-,14-12-,19-17-,20-18-,23-22-,26-25-,33-31-. The summed E-state index contributed by atoms with van der Waals surface area (Å²) in [5, 5.41) is 0. The van der Waals surface area contributed by atoms with Gasteiger partial charge in [0.1, 0.15) is 6.61 Å². The van der Waals surface area contributed by atoms with Crippen LogP contribution in [-0.2, 0) is 32.7 Å². The van der Waals surface area contributed by atoms with Crippen LogP contribution in [0.2, 0.25) is 0 Å². The molecule has 0 heterocycles. The molecule has 0 saturated heterocycles. The van der Waals surface area contributed by atoms with Gasteiger partial charge in [-0.15, -0.1) is 0 Å². The Morgan fingerprint density at radius 1 is 0.476 bits per heavy atom. The van der Waals surface area contributed by atoms with Crippen molar-refractivity contribution in [1.82, 2.24) is 0 Å². The minimum atomic E-state index is -4.40. The van der Waals surface area contributed by atoms with Crippen LogP contribution < -0.4 is 5.73 Å². The van der Waals surface area contributed by atoms with Gasteiger partial charge in [-0.25, -0.2) is 4.57 Å². The molecule has 3 N–H and O–H groups in total. The average Bonchev–Trinajstić information content (AvgIpc) is 3.27. The SMILES string of the molecule is CC/C=C\C/C=C\C/C=C\C/C=C\C/C=C\CCCCCCCCCCCC(=O)OC(COC(=O)CCCCCC/C=C\C/C=C\C/C=C\C/C=C\CC)COP(=O)(O)OCCN. The summed E-state index contributed by atoms with van der Waals surface area (Å²) in [6.07, 6.45) is 64.1. The van der Waals surface area contributed by atoms with Crippen LogP contribution >= 0.6 is 7.82 Å². The molecule has 0 aromatic rings. The van der Waals surface area contributed by atoms with E-state index in [0.717, 1.165) is 109 Å². The molecular weight excluding hydrogens is 810 g/mol. The number of hydrogen-bond donors (Lipinski definition) is 2. The number of ether oxygens (including phenoxy) is 2. The maximum absolute atomic E-state index is 12.6. The van der Waals surface area contributed by atoms with Crippen molar-refractivity contribution in [2.75, 3.05) is 26.4 Å². The first-order valence-electron chi connectivity index (χ1n) is 24.4. The molecule has 9 nitrogen and oxygen atoms in total. The van der Waals surface area contributed by atoms with Crippen molar-refractivity contribution < 1.29 is 37.6 Å². The number of nitrogens with two attached hydrogens (primary N) is 1. The van der Waals surface area contributed by atoms with Crippen LogP contribution in [0.15, 0.2) is 109 Å². The van der Waals surface area contributed by atoms with Crippen LogP contribution in [0.3, 0.4) is 0 Å². The predicted octanol–water partition coefficient (Wildman–Crippen LogP) is 14.7. The van der Waals surface area contributed by atoms with Gasteiger partial charge in [0.25, 0.3) is 0 Å². The highest BCUT2D eigenvalue weighted by atomic mass is 31.2. The van der Waals surface area contributed by atoms with Crippen LogP contribution in [0.1, 0.15) is 181 Å². The highest BCUT2D eigenvalue weighted by molar-refractivity contribution is 7.47. The zero-order chi connectivity index (χ0) is 46.0. The van der Waals surface area contributed by atoms with Crippen LogP contribution in [-0.4, -0.2) is 49.3 Å². The van der Waals surface area contributed by atoms with Crippen LogP contribution in [0.25, 0.3) is 0 Å². The second kappa shape index (κ2) is 48.1. The summed E-state index contributed by atoms with van der Waals surface area (Å²) in [5.74, 6) is -0.872. The number of carbonyl (C=O) groups is 2. The fourth-order valence-corrected chi connectivity index (χ4v) is 6.89. The fraction of sp³-hybridized carbons (Fsp3) is 0.623. The maximum atomic E-state index is 12.6. The number of phosphoric ester groups is 1. The van der Waals surface area contributed by atoms with Gasteiger partial charge >= 0.3 is 19.8 Å². The smallest absolute Gasteiger partial charge is 0.462 e. The van der Waals surface area contributed by atoms with E-state index in [0.29, 0.717) is 12.8 Å². The minimum absolute atomic E-state index is 0.0425. The number of rotatable bonds is 44. The number of hydrogen-bond acceptors (Lipinski definition) is 8. The van der Waals surface area contributed by atoms with E-state index in [9.17, 15) is 19.0 Å². The van der Waals surface area contributed by atoms with Crippen molar-refractivity contribution in [1.29, 1.82) is 0 Å². The van der Waals surface area contributed by atoms with E-state index in [1.165, 1.54) is 32.1 Å². The topological polar surface area (TPSA) is 134 Å². The highest BCUT2D eigenvalue weighted by Gasteiger charge is 2.26. The zero-order valence-electron chi connectivity index (χ0n) is 39.5. The molecule has 2 unspecified atom stereocenters.